The highest BCUT2D eigenvalue weighted by Crippen LogP contribution is 2.43. The maximum atomic E-state index is 14.1. The predicted octanol–water partition coefficient (Wildman–Crippen LogP) is 11.7. The Kier molecular flexibility index (Phi) is 53.1. The number of rotatable bonds is 63. The number of ether oxygens (including phenoxy) is 6. The number of nitrogens with one attached hydrogen (secondary N) is 4. The molecule has 574 valence electrons. The number of carbonyl (C=O) groups excluding carboxylic acids is 6. The van der Waals surface area contributed by atoms with Crippen molar-refractivity contribution in [1.82, 2.24) is 21.3 Å². The van der Waals surface area contributed by atoms with Crippen LogP contribution in [0.2, 0.25) is 0 Å². The fourth-order valence-electron chi connectivity index (χ4n) is 12.2. The molecule has 0 aliphatic carbocycles. The molecule has 2 saturated heterocycles. The molecular formula is C70H132N4O22P2. The van der Waals surface area contributed by atoms with Crippen LogP contribution < -0.4 is 21.3 Å². The minimum Gasteiger partial charge on any atom is -0.457 e. The SMILES string of the molecule is CCCCCCCCCCCCCC(=O)N[C@H]1[C@H](OC[C@H]2O[C@H](OCCOP(=O)(O)O)[C@H](NC(=O)CCCCCCCNC(=O)CCCCC)[C@@H](OC(=O)CCCCCCCCCCCCC)[C@@H]2O)O[C@H](CO)[C@@H](OP(=O)(O)O)[C@@H]1OC(=O)CNC(=O)CCCCCCCCCCC. The summed E-state index contributed by atoms with van der Waals surface area (Å²) in [5.41, 5.74) is 0. The summed E-state index contributed by atoms with van der Waals surface area (Å²) < 4.78 is 70.9. The van der Waals surface area contributed by atoms with Gasteiger partial charge < -0.3 is 79.5 Å². The van der Waals surface area contributed by atoms with Crippen LogP contribution in [-0.4, -0.2) is 166 Å². The number of hydrogen-bond donors (Lipinski definition) is 10. The third kappa shape index (κ3) is 45.7. The van der Waals surface area contributed by atoms with E-state index in [-0.39, 0.29) is 31.6 Å². The number of aliphatic hydroxyl groups is 2. The monoisotopic (exact) mass is 1440 g/mol. The third-order valence-corrected chi connectivity index (χ3v) is 18.9. The van der Waals surface area contributed by atoms with Crippen LogP contribution in [0.5, 0.6) is 0 Å². The number of esters is 2. The zero-order chi connectivity index (χ0) is 72.1. The van der Waals surface area contributed by atoms with E-state index in [1.165, 1.54) is 70.6 Å². The van der Waals surface area contributed by atoms with E-state index in [0.717, 1.165) is 135 Å². The van der Waals surface area contributed by atoms with Crippen LogP contribution in [0.4, 0.5) is 0 Å². The van der Waals surface area contributed by atoms with Crippen molar-refractivity contribution in [3.63, 3.8) is 0 Å². The molecule has 0 radical (unpaired) electrons. The quantitative estimate of drug-likeness (QED) is 0.0154. The van der Waals surface area contributed by atoms with Gasteiger partial charge in [0.15, 0.2) is 24.8 Å². The van der Waals surface area contributed by atoms with Crippen molar-refractivity contribution in [2.75, 3.05) is 39.5 Å². The molecule has 0 aromatic heterocycles. The summed E-state index contributed by atoms with van der Waals surface area (Å²) in [6, 6.07) is -3.13. The highest BCUT2D eigenvalue weighted by atomic mass is 31.2. The van der Waals surface area contributed by atoms with Crippen molar-refractivity contribution < 1.29 is 105 Å². The lowest BCUT2D eigenvalue weighted by Gasteiger charge is -2.47. The third-order valence-electron chi connectivity index (χ3n) is 17.8. The second-order valence-electron chi connectivity index (χ2n) is 26.7. The maximum absolute atomic E-state index is 14.1. The van der Waals surface area contributed by atoms with E-state index in [1.54, 1.807) is 0 Å². The number of amides is 4. The lowest BCUT2D eigenvalue weighted by atomic mass is 9.95. The first-order valence-corrected chi connectivity index (χ1v) is 41.0. The minimum absolute atomic E-state index is 0.0116. The minimum atomic E-state index is -5.50. The van der Waals surface area contributed by atoms with Crippen LogP contribution in [0.25, 0.3) is 0 Å². The van der Waals surface area contributed by atoms with Gasteiger partial charge in [0, 0.05) is 38.6 Å². The highest BCUT2D eigenvalue weighted by molar-refractivity contribution is 7.46. The predicted molar refractivity (Wildman–Crippen MR) is 373 cm³/mol. The van der Waals surface area contributed by atoms with Crippen LogP contribution in [0, 0.1) is 0 Å². The molecule has 2 aliphatic rings. The molecule has 28 heteroatoms. The molecule has 0 aromatic rings. The van der Waals surface area contributed by atoms with Gasteiger partial charge in [0.2, 0.25) is 23.6 Å². The van der Waals surface area contributed by atoms with Gasteiger partial charge in [0.1, 0.15) is 43.0 Å². The first-order valence-electron chi connectivity index (χ1n) is 37.9. The van der Waals surface area contributed by atoms with Crippen molar-refractivity contribution in [2.45, 2.75) is 371 Å². The molecule has 0 aromatic carbocycles. The van der Waals surface area contributed by atoms with Crippen molar-refractivity contribution in [3.8, 4) is 0 Å². The lowest BCUT2D eigenvalue weighted by molar-refractivity contribution is -0.304. The molecule has 0 spiro atoms. The summed E-state index contributed by atoms with van der Waals surface area (Å²) in [5, 5.41) is 34.2. The average Bonchev–Trinajstić information content (AvgIpc) is 0.789. The van der Waals surface area contributed by atoms with Crippen molar-refractivity contribution in [1.29, 1.82) is 0 Å². The molecule has 0 saturated carbocycles. The van der Waals surface area contributed by atoms with E-state index < -0.39 is 140 Å². The number of carbonyl (C=O) groups is 6. The zero-order valence-electron chi connectivity index (χ0n) is 60.2. The summed E-state index contributed by atoms with van der Waals surface area (Å²) in [5.74, 6) is -3.41. The second kappa shape index (κ2) is 57.2. The van der Waals surface area contributed by atoms with Gasteiger partial charge in [-0.05, 0) is 38.5 Å². The Balaban J connectivity index is 2.51. The largest absolute Gasteiger partial charge is 0.470 e. The molecule has 2 rings (SSSR count). The van der Waals surface area contributed by atoms with Crippen LogP contribution in [-0.2, 0) is 75.4 Å². The number of hydrogen-bond acceptors (Lipinski definition) is 18. The van der Waals surface area contributed by atoms with Gasteiger partial charge in [-0.2, -0.15) is 0 Å². The molecule has 26 nitrogen and oxygen atoms in total. The van der Waals surface area contributed by atoms with Gasteiger partial charge >= 0.3 is 27.6 Å². The van der Waals surface area contributed by atoms with Gasteiger partial charge in [-0.25, -0.2) is 9.13 Å². The topological polar surface area (TPSA) is 380 Å². The number of unbranched alkanes of at least 4 members (excludes halogenated alkanes) is 34. The Hall–Kier alpha value is -3.20. The average molecular weight is 1440 g/mol. The molecule has 10 atom stereocenters. The highest BCUT2D eigenvalue weighted by Gasteiger charge is 2.54. The van der Waals surface area contributed by atoms with Gasteiger partial charge in [-0.3, -0.25) is 37.8 Å². The summed E-state index contributed by atoms with van der Waals surface area (Å²) in [7, 11) is -10.5. The summed E-state index contributed by atoms with van der Waals surface area (Å²) in [6.07, 6.45) is 24.1. The normalized spacial score (nSPS) is 21.2. The van der Waals surface area contributed by atoms with Crippen molar-refractivity contribution >= 4 is 51.2 Å². The fourth-order valence-corrected chi connectivity index (χ4v) is 13.1. The first-order chi connectivity index (χ1) is 47.2. The standard InChI is InChI=1S/C70H132N4O22P2/c1-5-9-13-16-19-22-24-27-30-34-40-47-60(79)74-64-68(95-62(81)52-72-58(77)45-39-33-29-26-21-18-15-11-7-3)66(96-98(86,87)88)55(53-75)92-70(64)90-54-56-65(82)67(94-61(80)48-42-36-31-28-25-23-20-17-14-10-6-2)63(69(93-56)89-50-51-91-97(83,84)85)73-59(78)46-41-35-32-37-43-49-71-57(76)44-38-12-8-4/h55-56,63-70,75,82H,5-54H2,1-4H3,(H,71,76)(H,72,77)(H,73,78)(H,74,79)(H2,83,84,85)(H2,86,87,88)/t55-,56-,63-,64-,65-,66-,67-,68-,69+,70-/m1/s1. The Bertz CT molecular complexity index is 2200. The van der Waals surface area contributed by atoms with Crippen molar-refractivity contribution in [3.05, 3.63) is 0 Å². The summed E-state index contributed by atoms with van der Waals surface area (Å²) in [4.78, 5) is 120. The first kappa shape index (κ1) is 90.9. The van der Waals surface area contributed by atoms with Crippen LogP contribution in [0.1, 0.15) is 310 Å². The molecular weight excluding hydrogens is 1310 g/mol. The van der Waals surface area contributed by atoms with Crippen LogP contribution in [0.3, 0.4) is 0 Å². The van der Waals surface area contributed by atoms with Gasteiger partial charge in [0.05, 0.1) is 26.4 Å². The molecule has 0 unspecified atom stereocenters. The van der Waals surface area contributed by atoms with Gasteiger partial charge in [0.25, 0.3) is 0 Å². The van der Waals surface area contributed by atoms with Gasteiger partial charge in [-0.15, -0.1) is 0 Å². The Morgan fingerprint density at radius 3 is 1.21 bits per heavy atom. The molecule has 0 bridgehead atoms. The summed E-state index contributed by atoms with van der Waals surface area (Å²) >= 11 is 0. The number of phosphoric acid groups is 2. The van der Waals surface area contributed by atoms with E-state index >= 15 is 0 Å². The van der Waals surface area contributed by atoms with Gasteiger partial charge in [-0.1, -0.05) is 240 Å². The molecule has 2 heterocycles. The second-order valence-corrected chi connectivity index (χ2v) is 29.1. The van der Waals surface area contributed by atoms with E-state index in [1.807, 2.05) is 0 Å². The Labute approximate surface area is 586 Å². The molecule has 98 heavy (non-hydrogen) atoms. The summed E-state index contributed by atoms with van der Waals surface area (Å²) in [6.45, 7) is 5.44. The van der Waals surface area contributed by atoms with E-state index in [9.17, 15) is 67.7 Å². The maximum Gasteiger partial charge on any atom is 0.470 e. The molecule has 4 amide bonds. The van der Waals surface area contributed by atoms with Crippen LogP contribution >= 0.6 is 15.6 Å². The van der Waals surface area contributed by atoms with E-state index in [0.29, 0.717) is 57.9 Å². The number of aliphatic hydroxyl groups excluding tert-OH is 2. The lowest BCUT2D eigenvalue weighted by Crippen LogP contribution is -2.68. The molecule has 10 N–H and O–H groups in total. The van der Waals surface area contributed by atoms with Crippen LogP contribution in [0.15, 0.2) is 0 Å². The molecule has 2 fully saturated rings. The van der Waals surface area contributed by atoms with Crippen molar-refractivity contribution in [2.24, 2.45) is 0 Å². The Morgan fingerprint density at radius 2 is 0.765 bits per heavy atom. The number of phosphoric ester groups is 2. The fraction of sp³-hybridized carbons (Fsp3) is 0.914. The van der Waals surface area contributed by atoms with E-state index in [4.69, 9.17) is 32.9 Å². The smallest absolute Gasteiger partial charge is 0.457 e. The zero-order valence-corrected chi connectivity index (χ0v) is 62.0. The molecule has 2 aliphatic heterocycles. The Morgan fingerprint density at radius 1 is 0.398 bits per heavy atom. The van der Waals surface area contributed by atoms with E-state index in [2.05, 4.69) is 53.5 Å².